The number of nitrogens with one attached hydrogen (secondary N) is 2. The summed E-state index contributed by atoms with van der Waals surface area (Å²) in [4.78, 5) is 4.73. The minimum Gasteiger partial charge on any atom is -0.361 e. The lowest BCUT2D eigenvalue weighted by molar-refractivity contribution is 0.304. The first-order valence-electron chi connectivity index (χ1n) is 9.10. The third-order valence-corrected chi connectivity index (χ3v) is 4.92. The van der Waals surface area contributed by atoms with Crippen LogP contribution in [0.4, 0.5) is 0 Å². The van der Waals surface area contributed by atoms with E-state index >= 15 is 0 Å². The fraction of sp³-hybridized carbons (Fsp3) is 0.778. The molecule has 1 saturated carbocycles. The van der Waals surface area contributed by atoms with E-state index in [4.69, 9.17) is 9.52 Å². The molecule has 1 aliphatic carbocycles. The Kier molecular flexibility index (Phi) is 9.69. The van der Waals surface area contributed by atoms with Crippen molar-refractivity contribution in [1.29, 1.82) is 0 Å². The van der Waals surface area contributed by atoms with Gasteiger partial charge in [-0.15, -0.1) is 24.0 Å². The molecule has 0 aromatic carbocycles. The minimum absolute atomic E-state index is 0. The zero-order valence-electron chi connectivity index (χ0n) is 15.5. The van der Waals surface area contributed by atoms with Crippen molar-refractivity contribution in [2.75, 3.05) is 13.1 Å². The van der Waals surface area contributed by atoms with Gasteiger partial charge in [-0.2, -0.15) is 0 Å². The quantitative estimate of drug-likeness (QED) is 0.393. The standard InChI is InChI=1S/C18H32N4O.HI/c1-5-15-7-9-16(10-8-15)21-18(19-6-2)20-12-11-17-13(3)22-23-14(17)4;/h15-16H,5-12H2,1-4H3,(H2,19,20,21);1H. The molecule has 0 radical (unpaired) electrons. The van der Waals surface area contributed by atoms with Crippen LogP contribution in [0.15, 0.2) is 9.52 Å². The molecule has 2 rings (SSSR count). The van der Waals surface area contributed by atoms with Crippen molar-refractivity contribution in [3.8, 4) is 0 Å². The Morgan fingerprint density at radius 3 is 2.46 bits per heavy atom. The first-order chi connectivity index (χ1) is 11.1. The van der Waals surface area contributed by atoms with Crippen molar-refractivity contribution in [2.24, 2.45) is 10.9 Å². The lowest BCUT2D eigenvalue weighted by Crippen LogP contribution is -2.45. The maximum atomic E-state index is 5.21. The van der Waals surface area contributed by atoms with Crippen LogP contribution < -0.4 is 10.6 Å². The van der Waals surface area contributed by atoms with Crippen LogP contribution in [-0.4, -0.2) is 30.2 Å². The molecule has 2 N–H and O–H groups in total. The number of hydrogen-bond donors (Lipinski definition) is 2. The van der Waals surface area contributed by atoms with E-state index in [9.17, 15) is 0 Å². The number of rotatable bonds is 6. The molecule has 138 valence electrons. The van der Waals surface area contributed by atoms with Crippen LogP contribution in [-0.2, 0) is 6.42 Å². The van der Waals surface area contributed by atoms with Crippen LogP contribution in [0.25, 0.3) is 0 Å². The monoisotopic (exact) mass is 448 g/mol. The summed E-state index contributed by atoms with van der Waals surface area (Å²) in [6.45, 7) is 10.0. The van der Waals surface area contributed by atoms with E-state index in [0.29, 0.717) is 6.04 Å². The van der Waals surface area contributed by atoms with Crippen molar-refractivity contribution in [3.63, 3.8) is 0 Å². The fourth-order valence-electron chi connectivity index (χ4n) is 3.37. The summed E-state index contributed by atoms with van der Waals surface area (Å²) in [5.74, 6) is 2.78. The Hall–Kier alpha value is -0.790. The molecule has 0 spiro atoms. The van der Waals surface area contributed by atoms with Crippen molar-refractivity contribution in [1.82, 2.24) is 15.8 Å². The lowest BCUT2D eigenvalue weighted by Gasteiger charge is -2.29. The van der Waals surface area contributed by atoms with Crippen LogP contribution in [0.3, 0.4) is 0 Å². The highest BCUT2D eigenvalue weighted by atomic mass is 127. The zero-order valence-corrected chi connectivity index (χ0v) is 17.9. The Morgan fingerprint density at radius 1 is 1.21 bits per heavy atom. The van der Waals surface area contributed by atoms with Crippen LogP contribution in [0.2, 0.25) is 0 Å². The van der Waals surface area contributed by atoms with Gasteiger partial charge in [0.1, 0.15) is 5.76 Å². The van der Waals surface area contributed by atoms with Crippen molar-refractivity contribution in [2.45, 2.75) is 72.3 Å². The number of aliphatic imine (C=N–C) groups is 1. The Morgan fingerprint density at radius 2 is 1.92 bits per heavy atom. The SMILES string of the molecule is CCNC(=NCCc1c(C)noc1C)NC1CCC(CC)CC1.I. The van der Waals surface area contributed by atoms with Gasteiger partial charge in [-0.3, -0.25) is 4.99 Å². The highest BCUT2D eigenvalue weighted by Crippen LogP contribution is 2.26. The Labute approximate surface area is 163 Å². The maximum absolute atomic E-state index is 5.21. The summed E-state index contributed by atoms with van der Waals surface area (Å²) in [5.41, 5.74) is 2.17. The van der Waals surface area contributed by atoms with Gasteiger partial charge in [-0.25, -0.2) is 0 Å². The van der Waals surface area contributed by atoms with Crippen LogP contribution in [0.1, 0.15) is 63.0 Å². The molecule has 0 amide bonds. The second kappa shape index (κ2) is 10.9. The molecular weight excluding hydrogens is 415 g/mol. The molecule has 1 aromatic heterocycles. The smallest absolute Gasteiger partial charge is 0.191 e. The molecule has 24 heavy (non-hydrogen) atoms. The molecule has 1 aliphatic rings. The summed E-state index contributed by atoms with van der Waals surface area (Å²) in [5, 5.41) is 11.0. The van der Waals surface area contributed by atoms with Crippen LogP contribution >= 0.6 is 24.0 Å². The Balaban J connectivity index is 0.00000288. The number of hydrogen-bond acceptors (Lipinski definition) is 3. The molecule has 1 aromatic rings. The second-order valence-corrected chi connectivity index (χ2v) is 6.58. The van der Waals surface area contributed by atoms with Gasteiger partial charge in [-0.1, -0.05) is 18.5 Å². The van der Waals surface area contributed by atoms with Gasteiger partial charge in [-0.05, 0) is 58.8 Å². The van der Waals surface area contributed by atoms with E-state index in [2.05, 4.69) is 29.6 Å². The van der Waals surface area contributed by atoms with E-state index in [1.807, 2.05) is 13.8 Å². The van der Waals surface area contributed by atoms with E-state index < -0.39 is 0 Å². The molecule has 0 aliphatic heterocycles. The topological polar surface area (TPSA) is 62.5 Å². The molecule has 0 atom stereocenters. The molecule has 0 unspecified atom stereocenters. The highest BCUT2D eigenvalue weighted by molar-refractivity contribution is 14.0. The second-order valence-electron chi connectivity index (χ2n) is 6.58. The van der Waals surface area contributed by atoms with E-state index in [1.165, 1.54) is 37.7 Å². The summed E-state index contributed by atoms with van der Waals surface area (Å²) >= 11 is 0. The fourth-order valence-corrected chi connectivity index (χ4v) is 3.37. The third kappa shape index (κ3) is 6.26. The van der Waals surface area contributed by atoms with E-state index in [0.717, 1.165) is 42.8 Å². The number of halogens is 1. The molecule has 6 heteroatoms. The number of aryl methyl sites for hydroxylation is 2. The van der Waals surface area contributed by atoms with E-state index in [1.54, 1.807) is 0 Å². The summed E-state index contributed by atoms with van der Waals surface area (Å²) in [6, 6.07) is 0.565. The van der Waals surface area contributed by atoms with Crippen molar-refractivity contribution < 1.29 is 4.52 Å². The average molecular weight is 448 g/mol. The van der Waals surface area contributed by atoms with Crippen molar-refractivity contribution >= 4 is 29.9 Å². The summed E-state index contributed by atoms with van der Waals surface area (Å²) in [6.07, 6.45) is 7.39. The highest BCUT2D eigenvalue weighted by Gasteiger charge is 2.20. The van der Waals surface area contributed by atoms with Gasteiger partial charge in [0.2, 0.25) is 0 Å². The van der Waals surface area contributed by atoms with Gasteiger partial charge < -0.3 is 15.2 Å². The van der Waals surface area contributed by atoms with E-state index in [-0.39, 0.29) is 24.0 Å². The first-order valence-corrected chi connectivity index (χ1v) is 9.10. The largest absolute Gasteiger partial charge is 0.361 e. The van der Waals surface area contributed by atoms with Gasteiger partial charge in [0.05, 0.1) is 5.69 Å². The molecular formula is C18H33IN4O. The third-order valence-electron chi connectivity index (χ3n) is 4.92. The molecule has 5 nitrogen and oxygen atoms in total. The molecule has 1 heterocycles. The normalized spacial score (nSPS) is 21.2. The molecule has 0 bridgehead atoms. The van der Waals surface area contributed by atoms with Gasteiger partial charge >= 0.3 is 0 Å². The van der Waals surface area contributed by atoms with Gasteiger partial charge in [0.25, 0.3) is 0 Å². The first kappa shape index (κ1) is 21.3. The maximum Gasteiger partial charge on any atom is 0.191 e. The Bertz CT molecular complexity index is 488. The predicted molar refractivity (Wildman–Crippen MR) is 110 cm³/mol. The number of guanidine groups is 1. The number of nitrogens with zero attached hydrogens (tertiary/aromatic N) is 2. The molecule has 1 fully saturated rings. The van der Waals surface area contributed by atoms with Gasteiger partial charge in [0.15, 0.2) is 5.96 Å². The lowest BCUT2D eigenvalue weighted by atomic mass is 9.84. The zero-order chi connectivity index (χ0) is 16.7. The minimum atomic E-state index is 0. The van der Waals surface area contributed by atoms with Crippen LogP contribution in [0, 0.1) is 19.8 Å². The summed E-state index contributed by atoms with van der Waals surface area (Å²) < 4.78 is 5.21. The molecule has 0 saturated heterocycles. The van der Waals surface area contributed by atoms with Gasteiger partial charge in [0, 0.05) is 24.7 Å². The summed E-state index contributed by atoms with van der Waals surface area (Å²) in [7, 11) is 0. The average Bonchev–Trinajstić information content (AvgIpc) is 2.87. The van der Waals surface area contributed by atoms with Crippen LogP contribution in [0.5, 0.6) is 0 Å². The van der Waals surface area contributed by atoms with Crippen molar-refractivity contribution in [3.05, 3.63) is 17.0 Å². The predicted octanol–water partition coefficient (Wildman–Crippen LogP) is 3.98. The number of aromatic nitrogens is 1.